The minimum Gasteiger partial charge on any atom is -0.507 e. The molecule has 0 aromatic heterocycles. The molecule has 0 heterocycles. The van der Waals surface area contributed by atoms with Gasteiger partial charge < -0.3 is 5.11 Å². The molecule has 1 rings (SSSR count). The summed E-state index contributed by atoms with van der Waals surface area (Å²) < 4.78 is 0.894. The number of phenols is 1. The zero-order chi connectivity index (χ0) is 5.98. The van der Waals surface area contributed by atoms with Gasteiger partial charge in [-0.3, -0.25) is 0 Å². The molecule has 1 aromatic rings. The van der Waals surface area contributed by atoms with Gasteiger partial charge in [0.05, 0.1) is 3.57 Å². The van der Waals surface area contributed by atoms with Crippen LogP contribution in [0.3, 0.4) is 0 Å². The van der Waals surface area contributed by atoms with Crippen LogP contribution in [0.1, 0.15) is 0 Å². The van der Waals surface area contributed by atoms with Gasteiger partial charge >= 0.3 is 0 Å². The molecule has 0 aliphatic carbocycles. The third-order valence-electron chi connectivity index (χ3n) is 0.852. The van der Waals surface area contributed by atoms with Crippen molar-refractivity contribution in [1.29, 1.82) is 0 Å². The number of halogens is 1. The lowest BCUT2D eigenvalue weighted by Crippen LogP contribution is -1.67. The van der Waals surface area contributed by atoms with Crippen molar-refractivity contribution in [2.45, 2.75) is 0 Å². The number of phenolic OH excluding ortho intramolecular Hbond substituents is 1. The number of aromatic hydroxyl groups is 1. The highest BCUT2D eigenvalue weighted by Gasteiger charge is 1.89. The Morgan fingerprint density at radius 2 is 1.88 bits per heavy atom. The zero-order valence-corrected chi connectivity index (χ0v) is 6.29. The fourth-order valence-electron chi connectivity index (χ4n) is 0.452. The minimum atomic E-state index is 0.355. The molecule has 0 amide bonds. The van der Waals surface area contributed by atoms with Gasteiger partial charge in [-0.05, 0) is 34.7 Å². The van der Waals surface area contributed by atoms with Gasteiger partial charge in [0.25, 0.3) is 0 Å². The normalized spacial score (nSPS) is 9.12. The Balaban J connectivity index is 3.13. The van der Waals surface area contributed by atoms with E-state index in [1.54, 1.807) is 12.1 Å². The topological polar surface area (TPSA) is 20.2 Å². The van der Waals surface area contributed by atoms with Gasteiger partial charge in [-0.1, -0.05) is 12.1 Å². The number of hydrogen-bond acceptors (Lipinski definition) is 1. The number of benzene rings is 1. The van der Waals surface area contributed by atoms with Crippen molar-refractivity contribution in [1.82, 2.24) is 0 Å². The summed E-state index contributed by atoms with van der Waals surface area (Å²) in [4.78, 5) is 0. The second-order valence-electron chi connectivity index (χ2n) is 1.45. The molecule has 0 saturated heterocycles. The van der Waals surface area contributed by atoms with Crippen molar-refractivity contribution in [2.24, 2.45) is 0 Å². The average Bonchev–Trinajstić information content (AvgIpc) is 1.77. The highest BCUT2D eigenvalue weighted by Crippen LogP contribution is 2.16. The van der Waals surface area contributed by atoms with Crippen molar-refractivity contribution in [2.75, 3.05) is 0 Å². The third kappa shape index (κ3) is 1.12. The SMILES string of the molecule is Oc1ccccc1[123I]. The lowest BCUT2D eigenvalue weighted by atomic mass is 10.3. The van der Waals surface area contributed by atoms with E-state index in [2.05, 4.69) is 22.6 Å². The predicted molar refractivity (Wildman–Crippen MR) is 40.8 cm³/mol. The van der Waals surface area contributed by atoms with Crippen LogP contribution in [0.2, 0.25) is 0 Å². The summed E-state index contributed by atoms with van der Waals surface area (Å²) in [6.07, 6.45) is 0. The minimum absolute atomic E-state index is 0.355. The summed E-state index contributed by atoms with van der Waals surface area (Å²) >= 11 is 2.07. The molecular weight excluding hydrogens is 211 g/mol. The zero-order valence-electron chi connectivity index (χ0n) is 4.13. The summed E-state index contributed by atoms with van der Waals surface area (Å²) in [5.41, 5.74) is 0. The molecule has 0 atom stereocenters. The molecule has 1 nitrogen and oxygen atoms in total. The molecule has 1 N–H and O–H groups in total. The standard InChI is InChI=1S/C6H5IO/c7-5-3-1-2-4-6(5)8/h1-4,8H/i7-4. The van der Waals surface area contributed by atoms with Gasteiger partial charge in [-0.25, -0.2) is 0 Å². The lowest BCUT2D eigenvalue weighted by Gasteiger charge is -1.90. The van der Waals surface area contributed by atoms with Crippen molar-refractivity contribution in [3.63, 3.8) is 0 Å². The van der Waals surface area contributed by atoms with Crippen molar-refractivity contribution in [3.05, 3.63) is 27.8 Å². The third-order valence-corrected chi connectivity index (χ3v) is 1.76. The van der Waals surface area contributed by atoms with Crippen LogP contribution in [0.5, 0.6) is 5.75 Å². The van der Waals surface area contributed by atoms with Crippen LogP contribution in [-0.4, -0.2) is 5.11 Å². The number of para-hydroxylation sites is 1. The average molecular weight is 216 g/mol. The molecule has 2 heteroatoms. The van der Waals surface area contributed by atoms with E-state index in [4.69, 9.17) is 5.11 Å². The molecule has 0 radical (unpaired) electrons. The van der Waals surface area contributed by atoms with Crippen LogP contribution in [0.4, 0.5) is 0 Å². The van der Waals surface area contributed by atoms with Crippen LogP contribution in [-0.2, 0) is 0 Å². The van der Waals surface area contributed by atoms with Gasteiger partial charge in [0.2, 0.25) is 0 Å². The molecule has 0 fully saturated rings. The lowest BCUT2D eigenvalue weighted by molar-refractivity contribution is 0.471. The van der Waals surface area contributed by atoms with Crippen LogP contribution >= 0.6 is 22.6 Å². The predicted octanol–water partition coefficient (Wildman–Crippen LogP) is 2.00. The number of hydrogen-bond donors (Lipinski definition) is 1. The maximum atomic E-state index is 8.91. The van der Waals surface area contributed by atoms with E-state index in [1.165, 1.54) is 0 Å². The highest BCUT2D eigenvalue weighted by molar-refractivity contribution is 14.1. The molecule has 0 aliphatic heterocycles. The van der Waals surface area contributed by atoms with Gasteiger partial charge in [0, 0.05) is 0 Å². The molecule has 0 saturated carbocycles. The Hall–Kier alpha value is -0.250. The van der Waals surface area contributed by atoms with E-state index in [0.29, 0.717) is 5.75 Å². The van der Waals surface area contributed by atoms with Crippen molar-refractivity contribution in [3.8, 4) is 5.75 Å². The molecule has 42 valence electrons. The van der Waals surface area contributed by atoms with Crippen molar-refractivity contribution < 1.29 is 5.11 Å². The maximum absolute atomic E-state index is 8.91. The number of rotatable bonds is 0. The smallest absolute Gasteiger partial charge is 0.128 e. The van der Waals surface area contributed by atoms with Crippen molar-refractivity contribution >= 4 is 22.6 Å². The Kier molecular flexibility index (Phi) is 1.73. The Labute approximate surface area is 61.5 Å². The van der Waals surface area contributed by atoms with Gasteiger partial charge in [0.15, 0.2) is 0 Å². The largest absolute Gasteiger partial charge is 0.507 e. The Morgan fingerprint density at radius 1 is 1.25 bits per heavy atom. The first-order valence-electron chi connectivity index (χ1n) is 2.24. The van der Waals surface area contributed by atoms with E-state index >= 15 is 0 Å². The summed E-state index contributed by atoms with van der Waals surface area (Å²) in [5, 5.41) is 8.91. The van der Waals surface area contributed by atoms with E-state index in [0.717, 1.165) is 3.57 Å². The van der Waals surface area contributed by atoms with Crippen LogP contribution < -0.4 is 0 Å². The molecule has 0 bridgehead atoms. The van der Waals surface area contributed by atoms with Gasteiger partial charge in [-0.15, -0.1) is 0 Å². The van der Waals surface area contributed by atoms with E-state index < -0.39 is 0 Å². The molecule has 0 aliphatic rings. The quantitative estimate of drug-likeness (QED) is 0.657. The summed E-state index contributed by atoms with van der Waals surface area (Å²) in [6.45, 7) is 0. The van der Waals surface area contributed by atoms with Crippen LogP contribution in [0.25, 0.3) is 0 Å². The molecule has 1 aromatic carbocycles. The molecular formula is C6H5IO. The van der Waals surface area contributed by atoms with Gasteiger partial charge in [-0.2, -0.15) is 0 Å². The fraction of sp³-hybridized carbons (Fsp3) is 0. The summed E-state index contributed by atoms with van der Waals surface area (Å²) in [7, 11) is 0. The monoisotopic (exact) mass is 216 g/mol. The molecule has 8 heavy (non-hydrogen) atoms. The highest BCUT2D eigenvalue weighted by atomic mass is 123. The van der Waals surface area contributed by atoms with E-state index in [-0.39, 0.29) is 0 Å². The Morgan fingerprint density at radius 3 is 2.25 bits per heavy atom. The fourth-order valence-corrected chi connectivity index (χ4v) is 0.839. The molecule has 0 unspecified atom stereocenters. The second kappa shape index (κ2) is 2.35. The second-order valence-corrected chi connectivity index (χ2v) is 2.61. The first-order valence-corrected chi connectivity index (χ1v) is 3.32. The summed E-state index contributed by atoms with van der Waals surface area (Å²) in [6, 6.07) is 7.22. The first kappa shape index (κ1) is 5.88. The summed E-state index contributed by atoms with van der Waals surface area (Å²) in [5.74, 6) is 0.355. The Bertz CT molecular complexity index is 165. The van der Waals surface area contributed by atoms with E-state index in [1.807, 2.05) is 12.1 Å². The van der Waals surface area contributed by atoms with E-state index in [9.17, 15) is 0 Å². The van der Waals surface area contributed by atoms with Crippen LogP contribution in [0.15, 0.2) is 24.3 Å². The van der Waals surface area contributed by atoms with Gasteiger partial charge in [0.1, 0.15) is 5.75 Å². The first-order chi connectivity index (χ1) is 3.80. The van der Waals surface area contributed by atoms with Crippen LogP contribution in [0, 0.1) is 3.57 Å². The molecule has 0 spiro atoms. The maximum Gasteiger partial charge on any atom is 0.128 e.